The van der Waals surface area contributed by atoms with E-state index in [1.54, 1.807) is 24.3 Å². The van der Waals surface area contributed by atoms with Gasteiger partial charge in [0, 0.05) is 24.5 Å². The molecule has 6 heteroatoms. The third-order valence-corrected chi connectivity index (χ3v) is 2.20. The van der Waals surface area contributed by atoms with Crippen LogP contribution in [0, 0.1) is 0 Å². The molecule has 5 nitrogen and oxygen atoms in total. The van der Waals surface area contributed by atoms with Crippen molar-refractivity contribution in [2.75, 3.05) is 13.2 Å². The Bertz CT molecular complexity index is 406. The molecule has 1 amide bonds. The average Bonchev–Trinajstić information content (AvgIpc) is 2.36. The summed E-state index contributed by atoms with van der Waals surface area (Å²) in [6.45, 7) is 2.71. The number of amides is 1. The molecule has 0 atom stereocenters. The van der Waals surface area contributed by atoms with E-state index in [-0.39, 0.29) is 37.7 Å². The van der Waals surface area contributed by atoms with Gasteiger partial charge in [0.2, 0.25) is 0 Å². The largest absolute Gasteiger partial charge is 1.00 e. The number of benzene rings is 1. The summed E-state index contributed by atoms with van der Waals surface area (Å²) < 4.78 is 5.38. The molecular formula is C13H16LiNO4. The van der Waals surface area contributed by atoms with Gasteiger partial charge in [0.1, 0.15) is 5.75 Å². The van der Waals surface area contributed by atoms with Gasteiger partial charge >= 0.3 is 18.9 Å². The van der Waals surface area contributed by atoms with E-state index in [0.717, 1.165) is 6.42 Å². The standard InChI is InChI=1S/C13H17NO4.Li/c1-2-9-18-11-5-3-10(4-6-11)13(17)14-8-7-12(15)16;/h3-6H,2,7-9H2,1H3,(H,14,17)(H,15,16);/q;+1/p-1. The maximum atomic E-state index is 11.6. The van der Waals surface area contributed by atoms with Gasteiger partial charge in [0.05, 0.1) is 6.61 Å². The molecule has 0 heterocycles. The third kappa shape index (κ3) is 6.90. The SMILES string of the molecule is CCCOc1ccc(C(=O)NCCC(=O)[O-])cc1.[Li+]. The first kappa shape index (κ1) is 17.6. The van der Waals surface area contributed by atoms with Crippen LogP contribution in [-0.4, -0.2) is 25.0 Å². The van der Waals surface area contributed by atoms with Crippen molar-refractivity contribution in [3.8, 4) is 5.75 Å². The molecule has 0 bridgehead atoms. The van der Waals surface area contributed by atoms with Crippen molar-refractivity contribution in [1.29, 1.82) is 0 Å². The van der Waals surface area contributed by atoms with Crippen LogP contribution >= 0.6 is 0 Å². The maximum absolute atomic E-state index is 11.6. The minimum Gasteiger partial charge on any atom is -0.550 e. The molecule has 0 aliphatic rings. The molecular weight excluding hydrogens is 241 g/mol. The van der Waals surface area contributed by atoms with Gasteiger partial charge in [-0.25, -0.2) is 0 Å². The van der Waals surface area contributed by atoms with Crippen molar-refractivity contribution in [3.63, 3.8) is 0 Å². The fraction of sp³-hybridized carbons (Fsp3) is 0.385. The Hall–Kier alpha value is -1.44. The number of nitrogens with one attached hydrogen (secondary N) is 1. The Morgan fingerprint density at radius 3 is 2.42 bits per heavy atom. The van der Waals surface area contributed by atoms with Crippen molar-refractivity contribution in [2.45, 2.75) is 19.8 Å². The second-order valence-electron chi connectivity index (χ2n) is 3.75. The predicted molar refractivity (Wildman–Crippen MR) is 64.2 cm³/mol. The second-order valence-corrected chi connectivity index (χ2v) is 3.75. The molecule has 0 radical (unpaired) electrons. The van der Waals surface area contributed by atoms with E-state index in [0.29, 0.717) is 17.9 Å². The van der Waals surface area contributed by atoms with Gasteiger partial charge in [0.15, 0.2) is 0 Å². The Kier molecular flexibility index (Phi) is 8.76. The number of carboxylic acid groups (broad SMARTS) is 1. The molecule has 0 fully saturated rings. The Morgan fingerprint density at radius 2 is 1.89 bits per heavy atom. The summed E-state index contributed by atoms with van der Waals surface area (Å²) in [5, 5.41) is 12.7. The summed E-state index contributed by atoms with van der Waals surface area (Å²) in [5.74, 6) is -0.778. The van der Waals surface area contributed by atoms with Crippen LogP contribution in [0.2, 0.25) is 0 Å². The van der Waals surface area contributed by atoms with Crippen molar-refractivity contribution in [3.05, 3.63) is 29.8 Å². The first-order valence-electron chi connectivity index (χ1n) is 5.84. The minimum atomic E-state index is -1.18. The van der Waals surface area contributed by atoms with Crippen LogP contribution in [0.4, 0.5) is 0 Å². The van der Waals surface area contributed by atoms with Gasteiger partial charge in [-0.15, -0.1) is 0 Å². The summed E-state index contributed by atoms with van der Waals surface area (Å²) in [5.41, 5.74) is 0.470. The number of rotatable bonds is 7. The van der Waals surface area contributed by atoms with Crippen LogP contribution in [0.15, 0.2) is 24.3 Å². The Balaban J connectivity index is 0.00000324. The van der Waals surface area contributed by atoms with Gasteiger partial charge in [-0.2, -0.15) is 0 Å². The number of ether oxygens (including phenoxy) is 1. The first-order chi connectivity index (χ1) is 8.63. The molecule has 1 rings (SSSR count). The normalized spacial score (nSPS) is 9.32. The molecule has 1 aromatic carbocycles. The third-order valence-electron chi connectivity index (χ3n) is 2.20. The topological polar surface area (TPSA) is 78.5 Å². The Labute approximate surface area is 124 Å². The van der Waals surface area contributed by atoms with Gasteiger partial charge in [-0.1, -0.05) is 6.92 Å². The second kappa shape index (κ2) is 9.48. The molecule has 0 aliphatic heterocycles. The van der Waals surface area contributed by atoms with E-state index >= 15 is 0 Å². The molecule has 19 heavy (non-hydrogen) atoms. The summed E-state index contributed by atoms with van der Waals surface area (Å²) in [4.78, 5) is 21.8. The zero-order valence-corrected chi connectivity index (χ0v) is 11.3. The van der Waals surface area contributed by atoms with E-state index in [1.165, 1.54) is 0 Å². The summed E-state index contributed by atoms with van der Waals surface area (Å²) in [6, 6.07) is 6.70. The van der Waals surface area contributed by atoms with Crippen LogP contribution < -0.4 is 34.0 Å². The number of hydrogen-bond donors (Lipinski definition) is 1. The molecule has 1 N–H and O–H groups in total. The van der Waals surface area contributed by atoms with Gasteiger partial charge in [-0.05, 0) is 30.7 Å². The summed E-state index contributed by atoms with van der Waals surface area (Å²) in [7, 11) is 0. The molecule has 0 saturated heterocycles. The van der Waals surface area contributed by atoms with Crippen molar-refractivity contribution < 1.29 is 38.3 Å². The number of hydrogen-bond acceptors (Lipinski definition) is 4. The predicted octanol–water partition coefficient (Wildman–Crippen LogP) is -2.65. The van der Waals surface area contributed by atoms with E-state index in [9.17, 15) is 14.7 Å². The van der Waals surface area contributed by atoms with Crippen molar-refractivity contribution in [1.82, 2.24) is 5.32 Å². The molecule has 0 unspecified atom stereocenters. The number of aliphatic carboxylic acids is 1. The summed E-state index contributed by atoms with van der Waals surface area (Å²) >= 11 is 0. The smallest absolute Gasteiger partial charge is 0.550 e. The molecule has 1 aromatic rings. The minimum absolute atomic E-state index is 0. The van der Waals surface area contributed by atoms with Crippen LogP contribution in [0.1, 0.15) is 30.1 Å². The van der Waals surface area contributed by atoms with Crippen LogP contribution in [0.25, 0.3) is 0 Å². The first-order valence-corrected chi connectivity index (χ1v) is 5.84. The van der Waals surface area contributed by atoms with Crippen LogP contribution in [-0.2, 0) is 4.79 Å². The van der Waals surface area contributed by atoms with E-state index in [2.05, 4.69) is 5.32 Å². The molecule has 0 saturated carbocycles. The fourth-order valence-corrected chi connectivity index (χ4v) is 1.30. The van der Waals surface area contributed by atoms with Crippen LogP contribution in [0.5, 0.6) is 5.75 Å². The fourth-order valence-electron chi connectivity index (χ4n) is 1.30. The van der Waals surface area contributed by atoms with Gasteiger partial charge < -0.3 is 20.0 Å². The zero-order chi connectivity index (χ0) is 13.4. The molecule has 0 aromatic heterocycles. The zero-order valence-electron chi connectivity index (χ0n) is 11.3. The number of carbonyl (C=O) groups is 2. The number of carbonyl (C=O) groups excluding carboxylic acids is 2. The molecule has 98 valence electrons. The van der Waals surface area contributed by atoms with E-state index < -0.39 is 5.97 Å². The molecule has 0 spiro atoms. The molecule has 0 aliphatic carbocycles. The van der Waals surface area contributed by atoms with Crippen LogP contribution in [0.3, 0.4) is 0 Å². The monoisotopic (exact) mass is 257 g/mol. The maximum Gasteiger partial charge on any atom is 1.00 e. The Morgan fingerprint density at radius 1 is 1.26 bits per heavy atom. The van der Waals surface area contributed by atoms with Crippen molar-refractivity contribution >= 4 is 11.9 Å². The van der Waals surface area contributed by atoms with E-state index in [1.807, 2.05) is 6.92 Å². The number of carboxylic acids is 1. The van der Waals surface area contributed by atoms with Crippen molar-refractivity contribution in [2.24, 2.45) is 0 Å². The average molecular weight is 257 g/mol. The summed E-state index contributed by atoms with van der Waals surface area (Å²) in [6.07, 6.45) is 0.731. The quantitative estimate of drug-likeness (QED) is 0.541. The van der Waals surface area contributed by atoms with E-state index in [4.69, 9.17) is 4.74 Å². The van der Waals surface area contributed by atoms with Gasteiger partial charge in [-0.3, -0.25) is 4.79 Å². The van der Waals surface area contributed by atoms with Gasteiger partial charge in [0.25, 0.3) is 5.91 Å².